The smallest absolute Gasteiger partial charge is 0.243 e. The van der Waals surface area contributed by atoms with Crippen molar-refractivity contribution in [1.29, 1.82) is 0 Å². The van der Waals surface area contributed by atoms with E-state index in [0.29, 0.717) is 11.8 Å². The minimum atomic E-state index is -0.127. The molecule has 0 bridgehead atoms. The lowest BCUT2D eigenvalue weighted by atomic mass is 10.0. The Hall–Kier alpha value is -0.900. The van der Waals surface area contributed by atoms with E-state index >= 15 is 0 Å². The zero-order valence-electron chi connectivity index (χ0n) is 9.16. The van der Waals surface area contributed by atoms with E-state index in [1.807, 2.05) is 0 Å². The lowest BCUT2D eigenvalue weighted by Gasteiger charge is -2.12. The number of hydrogen-bond acceptors (Lipinski definition) is 4. The Kier molecular flexibility index (Phi) is 4.07. The highest BCUT2D eigenvalue weighted by atomic mass is 16.5. The summed E-state index contributed by atoms with van der Waals surface area (Å²) in [5.41, 5.74) is 5.96. The molecule has 0 aromatic carbocycles. The minimum Gasteiger partial charge on any atom is -0.338 e. The predicted molar refractivity (Wildman–Crippen MR) is 54.7 cm³/mol. The Balaban J connectivity index is 2.65. The third-order valence-corrected chi connectivity index (χ3v) is 2.50. The van der Waals surface area contributed by atoms with Crippen LogP contribution in [0.3, 0.4) is 0 Å². The summed E-state index contributed by atoms with van der Waals surface area (Å²) >= 11 is 0. The number of nitrogens with zero attached hydrogens (tertiary/aromatic N) is 2. The average molecular weight is 197 g/mol. The second-order valence-electron chi connectivity index (χ2n) is 3.71. The minimum absolute atomic E-state index is 0.127. The fourth-order valence-electron chi connectivity index (χ4n) is 1.23. The molecule has 1 aromatic rings. The number of aryl methyl sites for hydroxylation is 1. The molecule has 0 saturated heterocycles. The molecule has 0 aliphatic heterocycles. The standard InChI is InChI=1S/C10H19N3O/c1-4-6-8-12-10(14-13-8)9(11)7(3)5-2/h7,9H,4-6,11H2,1-3H3/t7?,9-/m0/s1. The monoisotopic (exact) mass is 197 g/mol. The van der Waals surface area contributed by atoms with Gasteiger partial charge in [-0.25, -0.2) is 0 Å². The number of hydrogen-bond donors (Lipinski definition) is 1. The second-order valence-corrected chi connectivity index (χ2v) is 3.71. The van der Waals surface area contributed by atoms with Crippen molar-refractivity contribution < 1.29 is 4.52 Å². The molecular formula is C10H19N3O. The van der Waals surface area contributed by atoms with Crippen LogP contribution in [-0.4, -0.2) is 10.1 Å². The predicted octanol–water partition coefficient (Wildman–Crippen LogP) is 2.07. The van der Waals surface area contributed by atoms with Gasteiger partial charge in [-0.05, 0) is 12.3 Å². The van der Waals surface area contributed by atoms with Crippen LogP contribution in [-0.2, 0) is 6.42 Å². The summed E-state index contributed by atoms with van der Waals surface area (Å²) < 4.78 is 5.12. The van der Waals surface area contributed by atoms with E-state index < -0.39 is 0 Å². The molecular weight excluding hydrogens is 178 g/mol. The van der Waals surface area contributed by atoms with E-state index in [4.69, 9.17) is 10.3 Å². The van der Waals surface area contributed by atoms with Gasteiger partial charge in [0.1, 0.15) is 0 Å². The van der Waals surface area contributed by atoms with Gasteiger partial charge in [-0.1, -0.05) is 32.3 Å². The van der Waals surface area contributed by atoms with Crippen LogP contribution in [0.1, 0.15) is 51.4 Å². The van der Waals surface area contributed by atoms with Gasteiger partial charge in [0.05, 0.1) is 6.04 Å². The highest BCUT2D eigenvalue weighted by Gasteiger charge is 2.19. The summed E-state index contributed by atoms with van der Waals surface area (Å²) in [5, 5.41) is 3.88. The van der Waals surface area contributed by atoms with Gasteiger partial charge < -0.3 is 10.3 Å². The van der Waals surface area contributed by atoms with Crippen molar-refractivity contribution in [3.8, 4) is 0 Å². The highest BCUT2D eigenvalue weighted by molar-refractivity contribution is 4.93. The average Bonchev–Trinajstić information content (AvgIpc) is 2.64. The summed E-state index contributed by atoms with van der Waals surface area (Å²) in [6.45, 7) is 6.28. The molecule has 0 saturated carbocycles. The maximum absolute atomic E-state index is 5.96. The van der Waals surface area contributed by atoms with E-state index in [2.05, 4.69) is 30.9 Å². The zero-order valence-corrected chi connectivity index (χ0v) is 9.16. The van der Waals surface area contributed by atoms with Crippen molar-refractivity contribution in [3.63, 3.8) is 0 Å². The van der Waals surface area contributed by atoms with Crippen LogP contribution in [0.15, 0.2) is 4.52 Å². The van der Waals surface area contributed by atoms with Crippen LogP contribution in [0.5, 0.6) is 0 Å². The van der Waals surface area contributed by atoms with Gasteiger partial charge in [-0.2, -0.15) is 4.98 Å². The Morgan fingerprint density at radius 1 is 1.43 bits per heavy atom. The van der Waals surface area contributed by atoms with E-state index in [1.54, 1.807) is 0 Å². The van der Waals surface area contributed by atoms with E-state index in [0.717, 1.165) is 25.1 Å². The van der Waals surface area contributed by atoms with Gasteiger partial charge in [-0.3, -0.25) is 0 Å². The van der Waals surface area contributed by atoms with Crippen LogP contribution in [0.2, 0.25) is 0 Å². The van der Waals surface area contributed by atoms with Gasteiger partial charge in [0.2, 0.25) is 5.89 Å². The molecule has 2 atom stereocenters. The van der Waals surface area contributed by atoms with Crippen molar-refractivity contribution >= 4 is 0 Å². The molecule has 1 aromatic heterocycles. The highest BCUT2D eigenvalue weighted by Crippen LogP contribution is 2.20. The van der Waals surface area contributed by atoms with Crippen LogP contribution >= 0.6 is 0 Å². The van der Waals surface area contributed by atoms with E-state index in [1.165, 1.54) is 0 Å². The first kappa shape index (κ1) is 11.2. The first-order chi connectivity index (χ1) is 6.69. The molecule has 0 spiro atoms. The molecule has 80 valence electrons. The lowest BCUT2D eigenvalue weighted by molar-refractivity contribution is 0.310. The van der Waals surface area contributed by atoms with Crippen molar-refractivity contribution in [2.75, 3.05) is 0 Å². The molecule has 4 nitrogen and oxygen atoms in total. The van der Waals surface area contributed by atoms with Crippen molar-refractivity contribution in [2.45, 2.75) is 46.1 Å². The molecule has 0 aliphatic carbocycles. The molecule has 1 rings (SSSR count). The summed E-state index contributed by atoms with van der Waals surface area (Å²) in [6.07, 6.45) is 2.90. The molecule has 0 fully saturated rings. The molecule has 0 amide bonds. The zero-order chi connectivity index (χ0) is 10.6. The van der Waals surface area contributed by atoms with Crippen LogP contribution in [0.4, 0.5) is 0 Å². The van der Waals surface area contributed by atoms with Crippen molar-refractivity contribution in [2.24, 2.45) is 11.7 Å². The maximum atomic E-state index is 5.96. The molecule has 2 N–H and O–H groups in total. The Morgan fingerprint density at radius 3 is 2.71 bits per heavy atom. The van der Waals surface area contributed by atoms with Crippen LogP contribution in [0, 0.1) is 5.92 Å². The molecule has 4 heteroatoms. The number of rotatable bonds is 5. The molecule has 1 unspecified atom stereocenters. The van der Waals surface area contributed by atoms with Gasteiger partial charge in [0.15, 0.2) is 5.82 Å². The third-order valence-electron chi connectivity index (χ3n) is 2.50. The first-order valence-electron chi connectivity index (χ1n) is 5.27. The first-order valence-corrected chi connectivity index (χ1v) is 5.27. The van der Waals surface area contributed by atoms with E-state index in [-0.39, 0.29) is 6.04 Å². The van der Waals surface area contributed by atoms with Crippen molar-refractivity contribution in [1.82, 2.24) is 10.1 Å². The van der Waals surface area contributed by atoms with Crippen LogP contribution < -0.4 is 5.73 Å². The van der Waals surface area contributed by atoms with Crippen molar-refractivity contribution in [3.05, 3.63) is 11.7 Å². The third kappa shape index (κ3) is 2.54. The maximum Gasteiger partial charge on any atom is 0.243 e. The normalized spacial score (nSPS) is 15.4. The Bertz CT molecular complexity index is 272. The van der Waals surface area contributed by atoms with Gasteiger partial charge in [0, 0.05) is 6.42 Å². The van der Waals surface area contributed by atoms with Gasteiger partial charge >= 0.3 is 0 Å². The van der Waals surface area contributed by atoms with Gasteiger partial charge in [0.25, 0.3) is 0 Å². The molecule has 0 radical (unpaired) electrons. The Morgan fingerprint density at radius 2 is 2.14 bits per heavy atom. The summed E-state index contributed by atoms with van der Waals surface area (Å²) in [4.78, 5) is 4.27. The molecule has 0 aliphatic rings. The van der Waals surface area contributed by atoms with E-state index in [9.17, 15) is 0 Å². The summed E-state index contributed by atoms with van der Waals surface area (Å²) in [6, 6.07) is -0.127. The molecule has 1 heterocycles. The number of aromatic nitrogens is 2. The largest absolute Gasteiger partial charge is 0.338 e. The lowest BCUT2D eigenvalue weighted by Crippen LogP contribution is -2.18. The second kappa shape index (κ2) is 5.10. The number of nitrogens with two attached hydrogens (primary N) is 1. The SMILES string of the molecule is CCCc1noc([C@@H](N)C(C)CC)n1. The fraction of sp³-hybridized carbons (Fsp3) is 0.800. The van der Waals surface area contributed by atoms with Gasteiger partial charge in [-0.15, -0.1) is 0 Å². The Labute approximate surface area is 84.9 Å². The fourth-order valence-corrected chi connectivity index (χ4v) is 1.23. The summed E-state index contributed by atoms with van der Waals surface area (Å²) in [7, 11) is 0. The van der Waals surface area contributed by atoms with Crippen LogP contribution in [0.25, 0.3) is 0 Å². The molecule has 14 heavy (non-hydrogen) atoms. The summed E-state index contributed by atoms with van der Waals surface area (Å²) in [5.74, 6) is 1.72. The topological polar surface area (TPSA) is 64.9 Å². The quantitative estimate of drug-likeness (QED) is 0.784.